The Morgan fingerprint density at radius 2 is 2.04 bits per heavy atom. The monoisotopic (exact) mass is 364 g/mol. The lowest BCUT2D eigenvalue weighted by molar-refractivity contribution is 0.00989. The van der Waals surface area contributed by atoms with Crippen molar-refractivity contribution in [3.05, 3.63) is 11.6 Å². The van der Waals surface area contributed by atoms with Gasteiger partial charge < -0.3 is 24.3 Å². The Bertz CT molecular complexity index is 580. The summed E-state index contributed by atoms with van der Waals surface area (Å²) in [5.41, 5.74) is 0. The molecule has 0 spiro atoms. The molecule has 8 nitrogen and oxygen atoms in total. The van der Waals surface area contributed by atoms with E-state index >= 15 is 0 Å². The van der Waals surface area contributed by atoms with Gasteiger partial charge in [-0.3, -0.25) is 4.99 Å². The summed E-state index contributed by atoms with van der Waals surface area (Å²) in [6, 6.07) is 0. The number of aryl methyl sites for hydroxylation is 1. The highest BCUT2D eigenvalue weighted by atomic mass is 16.5. The average Bonchev–Trinajstić information content (AvgIpc) is 3.10. The number of methoxy groups -OCH3 is 1. The highest BCUT2D eigenvalue weighted by Crippen LogP contribution is 2.16. The van der Waals surface area contributed by atoms with Crippen molar-refractivity contribution in [3.8, 4) is 0 Å². The molecule has 0 radical (unpaired) electrons. The summed E-state index contributed by atoms with van der Waals surface area (Å²) in [5, 5.41) is 12.1. The Balaban J connectivity index is 1.43. The van der Waals surface area contributed by atoms with Crippen LogP contribution < -0.4 is 5.32 Å². The van der Waals surface area contributed by atoms with E-state index in [1.54, 1.807) is 7.11 Å². The molecule has 0 unspecified atom stereocenters. The van der Waals surface area contributed by atoms with Crippen LogP contribution in [0.3, 0.4) is 0 Å². The first-order valence-corrected chi connectivity index (χ1v) is 9.79. The predicted octanol–water partition coefficient (Wildman–Crippen LogP) is 1.21. The van der Waals surface area contributed by atoms with Crippen LogP contribution in [0, 0.1) is 0 Å². The van der Waals surface area contributed by atoms with E-state index in [2.05, 4.69) is 30.0 Å². The first-order chi connectivity index (χ1) is 12.8. The fourth-order valence-corrected chi connectivity index (χ4v) is 3.68. The molecule has 2 aliphatic rings. The van der Waals surface area contributed by atoms with E-state index in [0.29, 0.717) is 12.6 Å². The quantitative estimate of drug-likeness (QED) is 0.445. The summed E-state index contributed by atoms with van der Waals surface area (Å²) in [6.07, 6.45) is 6.86. The molecule has 0 bridgehead atoms. The normalized spacial score (nSPS) is 18.8. The van der Waals surface area contributed by atoms with Crippen LogP contribution in [0.2, 0.25) is 0 Å². The molecule has 0 aromatic carbocycles. The van der Waals surface area contributed by atoms with Gasteiger partial charge in [-0.15, -0.1) is 10.2 Å². The summed E-state index contributed by atoms with van der Waals surface area (Å²) in [4.78, 5) is 6.76. The Kier molecular flexibility index (Phi) is 7.25. The van der Waals surface area contributed by atoms with Crippen LogP contribution >= 0.6 is 0 Å². The van der Waals surface area contributed by atoms with Crippen molar-refractivity contribution in [1.82, 2.24) is 25.0 Å². The molecule has 2 aliphatic heterocycles. The molecule has 0 amide bonds. The molecule has 1 saturated heterocycles. The van der Waals surface area contributed by atoms with Crippen molar-refractivity contribution < 1.29 is 9.47 Å². The molecule has 1 aromatic heterocycles. The van der Waals surface area contributed by atoms with Crippen molar-refractivity contribution in [2.24, 2.45) is 4.99 Å². The van der Waals surface area contributed by atoms with E-state index < -0.39 is 0 Å². The second-order valence-corrected chi connectivity index (χ2v) is 6.95. The summed E-state index contributed by atoms with van der Waals surface area (Å²) in [6.45, 7) is 5.18. The number of hydrogen-bond acceptors (Lipinski definition) is 5. The number of fused-ring (bicyclic) bond motifs is 1. The molecule has 3 rings (SSSR count). The fourth-order valence-electron chi connectivity index (χ4n) is 3.68. The number of nitrogens with one attached hydrogen (secondary N) is 1. The van der Waals surface area contributed by atoms with Crippen LogP contribution in [-0.2, 0) is 29.0 Å². The average molecular weight is 364 g/mol. The predicted molar refractivity (Wildman–Crippen MR) is 100 cm³/mol. The van der Waals surface area contributed by atoms with E-state index in [1.807, 2.05) is 7.05 Å². The third-order valence-electron chi connectivity index (χ3n) is 5.14. The van der Waals surface area contributed by atoms with E-state index in [-0.39, 0.29) is 0 Å². The maximum atomic E-state index is 5.94. The van der Waals surface area contributed by atoms with Gasteiger partial charge in [-0.05, 0) is 32.1 Å². The highest BCUT2D eigenvalue weighted by molar-refractivity contribution is 5.79. The molecule has 0 saturated carbocycles. The van der Waals surface area contributed by atoms with E-state index in [0.717, 1.165) is 76.1 Å². The number of hydrogen-bond donors (Lipinski definition) is 1. The first kappa shape index (κ1) is 19.1. The zero-order valence-electron chi connectivity index (χ0n) is 16.1. The van der Waals surface area contributed by atoms with Gasteiger partial charge in [0.25, 0.3) is 0 Å². The Morgan fingerprint density at radius 3 is 2.81 bits per heavy atom. The van der Waals surface area contributed by atoms with Gasteiger partial charge >= 0.3 is 0 Å². The van der Waals surface area contributed by atoms with E-state index in [1.165, 1.54) is 12.8 Å². The van der Waals surface area contributed by atoms with Crippen LogP contribution in [0.1, 0.15) is 43.8 Å². The van der Waals surface area contributed by atoms with Gasteiger partial charge in [0.05, 0.1) is 12.6 Å². The van der Waals surface area contributed by atoms with Gasteiger partial charge in [-0.2, -0.15) is 0 Å². The molecule has 0 aliphatic carbocycles. The number of likely N-dealkylation sites (tertiary alicyclic amines) is 1. The lowest BCUT2D eigenvalue weighted by Crippen LogP contribution is -2.47. The minimum absolute atomic E-state index is 0.352. The highest BCUT2D eigenvalue weighted by Gasteiger charge is 2.22. The van der Waals surface area contributed by atoms with Crippen LogP contribution in [0.15, 0.2) is 4.99 Å². The first-order valence-electron chi connectivity index (χ1n) is 9.79. The lowest BCUT2D eigenvalue weighted by atomic mass is 10.1. The second-order valence-electron chi connectivity index (χ2n) is 6.95. The maximum absolute atomic E-state index is 5.94. The number of piperidine rings is 1. The smallest absolute Gasteiger partial charge is 0.194 e. The third kappa shape index (κ3) is 4.94. The minimum Gasteiger partial charge on any atom is -0.385 e. The molecule has 0 atom stereocenters. The number of rotatable bonds is 7. The zero-order chi connectivity index (χ0) is 18.2. The third-order valence-corrected chi connectivity index (χ3v) is 5.14. The molecule has 146 valence electrons. The number of aliphatic imine (C=N–C) groups is 1. The molecule has 26 heavy (non-hydrogen) atoms. The van der Waals surface area contributed by atoms with Gasteiger partial charge in [-0.25, -0.2) is 0 Å². The van der Waals surface area contributed by atoms with Gasteiger partial charge in [0.15, 0.2) is 11.8 Å². The Labute approximate surface area is 156 Å². The van der Waals surface area contributed by atoms with Gasteiger partial charge in [-0.1, -0.05) is 0 Å². The molecular weight excluding hydrogens is 332 g/mol. The lowest BCUT2D eigenvalue weighted by Gasteiger charge is -2.34. The van der Waals surface area contributed by atoms with Gasteiger partial charge in [0, 0.05) is 53.4 Å². The standard InChI is InChI=1S/C18H32N6O2/c1-19-18(20-14-17-22-21-16-6-3-4-9-24(16)17)23-10-7-15(8-11-23)26-13-5-12-25-2/h15H,3-14H2,1-2H3,(H,19,20). The summed E-state index contributed by atoms with van der Waals surface area (Å²) in [5.74, 6) is 3.07. The van der Waals surface area contributed by atoms with Crippen LogP contribution in [0.25, 0.3) is 0 Å². The molecule has 1 N–H and O–H groups in total. The zero-order valence-corrected chi connectivity index (χ0v) is 16.1. The Morgan fingerprint density at radius 1 is 1.19 bits per heavy atom. The van der Waals surface area contributed by atoms with Gasteiger partial charge in [0.2, 0.25) is 0 Å². The van der Waals surface area contributed by atoms with Crippen molar-refractivity contribution in [3.63, 3.8) is 0 Å². The summed E-state index contributed by atoms with van der Waals surface area (Å²) >= 11 is 0. The number of nitrogens with zero attached hydrogens (tertiary/aromatic N) is 5. The van der Waals surface area contributed by atoms with Crippen molar-refractivity contribution in [2.45, 2.75) is 57.7 Å². The fraction of sp³-hybridized carbons (Fsp3) is 0.833. The Hall–Kier alpha value is -1.67. The SMILES string of the molecule is CN=C(NCc1nnc2n1CCCC2)N1CCC(OCCCOC)CC1. The summed E-state index contributed by atoms with van der Waals surface area (Å²) < 4.78 is 13.3. The van der Waals surface area contributed by atoms with Crippen molar-refractivity contribution in [1.29, 1.82) is 0 Å². The summed E-state index contributed by atoms with van der Waals surface area (Å²) in [7, 11) is 3.57. The number of ether oxygens (including phenoxy) is 2. The molecule has 8 heteroatoms. The van der Waals surface area contributed by atoms with Crippen molar-refractivity contribution >= 4 is 5.96 Å². The van der Waals surface area contributed by atoms with Crippen molar-refractivity contribution in [2.75, 3.05) is 40.5 Å². The number of guanidine groups is 1. The molecule has 1 aromatic rings. The minimum atomic E-state index is 0.352. The topological polar surface area (TPSA) is 76.8 Å². The van der Waals surface area contributed by atoms with E-state index in [9.17, 15) is 0 Å². The van der Waals surface area contributed by atoms with Crippen LogP contribution in [0.5, 0.6) is 0 Å². The largest absolute Gasteiger partial charge is 0.385 e. The van der Waals surface area contributed by atoms with E-state index in [4.69, 9.17) is 9.47 Å². The van der Waals surface area contributed by atoms with Crippen LogP contribution in [0.4, 0.5) is 0 Å². The molecular formula is C18H32N6O2. The number of aromatic nitrogens is 3. The second kappa shape index (κ2) is 9.87. The van der Waals surface area contributed by atoms with Crippen LogP contribution in [-0.4, -0.2) is 72.2 Å². The maximum Gasteiger partial charge on any atom is 0.194 e. The molecule has 3 heterocycles. The molecule has 1 fully saturated rings. The van der Waals surface area contributed by atoms with Gasteiger partial charge in [0.1, 0.15) is 5.82 Å².